The van der Waals surface area contributed by atoms with E-state index in [1.807, 2.05) is 6.92 Å². The standard InChI is InChI=1S/C14H17N3O3/c1-3-6-14(2,13(19)20)16-12(18)9-4-5-11-10(7-9)8-15-17-11/h4-5,7-8H,3,6H2,1-2H3,(H,15,17)(H,16,18)(H,19,20)/t14-/m0/s1. The molecular weight excluding hydrogens is 258 g/mol. The van der Waals surface area contributed by atoms with Crippen LogP contribution < -0.4 is 5.32 Å². The Hall–Kier alpha value is -2.37. The molecule has 2 rings (SSSR count). The molecule has 1 atom stereocenters. The molecule has 0 fully saturated rings. The Morgan fingerprint density at radius 2 is 2.20 bits per heavy atom. The summed E-state index contributed by atoms with van der Waals surface area (Å²) < 4.78 is 0. The molecule has 0 saturated carbocycles. The molecule has 0 aliphatic rings. The monoisotopic (exact) mass is 275 g/mol. The molecule has 0 radical (unpaired) electrons. The number of hydrogen-bond acceptors (Lipinski definition) is 3. The number of rotatable bonds is 5. The van der Waals surface area contributed by atoms with Gasteiger partial charge in [0.2, 0.25) is 0 Å². The highest BCUT2D eigenvalue weighted by molar-refractivity contribution is 6.00. The second kappa shape index (κ2) is 5.32. The largest absolute Gasteiger partial charge is 0.480 e. The first-order valence-electron chi connectivity index (χ1n) is 6.45. The Balaban J connectivity index is 2.23. The number of hydrogen-bond donors (Lipinski definition) is 3. The van der Waals surface area contributed by atoms with Crippen LogP contribution in [0, 0.1) is 0 Å². The average Bonchev–Trinajstić information content (AvgIpc) is 2.85. The summed E-state index contributed by atoms with van der Waals surface area (Å²) in [5, 5.41) is 19.4. The number of fused-ring (bicyclic) bond motifs is 1. The van der Waals surface area contributed by atoms with E-state index in [1.54, 1.807) is 24.4 Å². The fourth-order valence-corrected chi connectivity index (χ4v) is 2.13. The molecule has 2 aromatic rings. The van der Waals surface area contributed by atoms with Crippen LogP contribution in [0.25, 0.3) is 10.9 Å². The third-order valence-electron chi connectivity index (χ3n) is 3.31. The van der Waals surface area contributed by atoms with Gasteiger partial charge in [-0.15, -0.1) is 0 Å². The molecule has 3 N–H and O–H groups in total. The van der Waals surface area contributed by atoms with Crippen molar-refractivity contribution >= 4 is 22.8 Å². The number of carboxylic acid groups (broad SMARTS) is 1. The van der Waals surface area contributed by atoms with E-state index in [2.05, 4.69) is 15.5 Å². The van der Waals surface area contributed by atoms with E-state index in [1.165, 1.54) is 6.92 Å². The van der Waals surface area contributed by atoms with Gasteiger partial charge < -0.3 is 10.4 Å². The highest BCUT2D eigenvalue weighted by Gasteiger charge is 2.34. The maximum Gasteiger partial charge on any atom is 0.329 e. The van der Waals surface area contributed by atoms with Crippen molar-refractivity contribution in [3.05, 3.63) is 30.0 Å². The molecule has 0 spiro atoms. The summed E-state index contributed by atoms with van der Waals surface area (Å²) in [4.78, 5) is 23.5. The summed E-state index contributed by atoms with van der Waals surface area (Å²) in [5.41, 5.74) is -0.00410. The van der Waals surface area contributed by atoms with Crippen molar-refractivity contribution < 1.29 is 14.7 Å². The first kappa shape index (κ1) is 14.0. The smallest absolute Gasteiger partial charge is 0.329 e. The molecule has 0 saturated heterocycles. The predicted molar refractivity (Wildman–Crippen MR) is 74.5 cm³/mol. The molecule has 6 heteroatoms. The van der Waals surface area contributed by atoms with Gasteiger partial charge in [-0.3, -0.25) is 9.89 Å². The zero-order valence-corrected chi connectivity index (χ0v) is 11.4. The zero-order chi connectivity index (χ0) is 14.8. The van der Waals surface area contributed by atoms with E-state index in [9.17, 15) is 14.7 Å². The minimum atomic E-state index is -1.25. The van der Waals surface area contributed by atoms with Crippen LogP contribution in [0.1, 0.15) is 37.0 Å². The maximum atomic E-state index is 12.2. The lowest BCUT2D eigenvalue weighted by atomic mass is 9.95. The number of nitrogens with zero attached hydrogens (tertiary/aromatic N) is 1. The highest BCUT2D eigenvalue weighted by atomic mass is 16.4. The van der Waals surface area contributed by atoms with E-state index in [0.29, 0.717) is 18.4 Å². The molecule has 20 heavy (non-hydrogen) atoms. The quantitative estimate of drug-likeness (QED) is 0.777. The van der Waals surface area contributed by atoms with Gasteiger partial charge in [-0.25, -0.2) is 4.79 Å². The van der Waals surface area contributed by atoms with Crippen molar-refractivity contribution in [2.75, 3.05) is 0 Å². The molecule has 6 nitrogen and oxygen atoms in total. The van der Waals surface area contributed by atoms with Gasteiger partial charge in [-0.2, -0.15) is 5.10 Å². The predicted octanol–water partition coefficient (Wildman–Crippen LogP) is 1.94. The molecule has 0 bridgehead atoms. The number of benzene rings is 1. The Bertz CT molecular complexity index is 650. The van der Waals surface area contributed by atoms with Crippen LogP contribution in [0.4, 0.5) is 0 Å². The van der Waals surface area contributed by atoms with E-state index >= 15 is 0 Å². The van der Waals surface area contributed by atoms with Gasteiger partial charge >= 0.3 is 5.97 Å². The Labute approximate surface area is 116 Å². The number of nitrogens with one attached hydrogen (secondary N) is 2. The van der Waals surface area contributed by atoms with Crippen LogP contribution in [-0.4, -0.2) is 32.7 Å². The normalized spacial score (nSPS) is 13.9. The van der Waals surface area contributed by atoms with Gasteiger partial charge in [0.25, 0.3) is 5.91 Å². The second-order valence-electron chi connectivity index (χ2n) is 5.01. The van der Waals surface area contributed by atoms with Gasteiger partial charge in [0, 0.05) is 10.9 Å². The molecule has 1 amide bonds. The second-order valence-corrected chi connectivity index (χ2v) is 5.01. The highest BCUT2D eigenvalue weighted by Crippen LogP contribution is 2.16. The molecule has 1 heterocycles. The minimum absolute atomic E-state index is 0.377. The number of carbonyl (C=O) groups is 2. The fourth-order valence-electron chi connectivity index (χ4n) is 2.13. The summed E-state index contributed by atoms with van der Waals surface area (Å²) in [6.07, 6.45) is 2.67. The van der Waals surface area contributed by atoms with Crippen LogP contribution in [0.15, 0.2) is 24.4 Å². The lowest BCUT2D eigenvalue weighted by Gasteiger charge is -2.25. The van der Waals surface area contributed by atoms with Crippen LogP contribution in [-0.2, 0) is 4.79 Å². The van der Waals surface area contributed by atoms with Crippen LogP contribution in [0.5, 0.6) is 0 Å². The summed E-state index contributed by atoms with van der Waals surface area (Å²) in [6.45, 7) is 3.40. The van der Waals surface area contributed by atoms with Gasteiger partial charge in [-0.1, -0.05) is 13.3 Å². The van der Waals surface area contributed by atoms with E-state index < -0.39 is 17.4 Å². The number of carbonyl (C=O) groups excluding carboxylic acids is 1. The molecule has 0 aliphatic heterocycles. The molecule has 1 aromatic heterocycles. The first-order valence-corrected chi connectivity index (χ1v) is 6.45. The Kier molecular flexibility index (Phi) is 3.74. The summed E-state index contributed by atoms with van der Waals surface area (Å²) in [5.74, 6) is -1.43. The lowest BCUT2D eigenvalue weighted by Crippen LogP contribution is -2.52. The van der Waals surface area contributed by atoms with E-state index in [4.69, 9.17) is 0 Å². The SMILES string of the molecule is CCC[C@](C)(NC(=O)c1ccc2[nH]ncc2c1)C(=O)O. The number of amides is 1. The first-order chi connectivity index (χ1) is 9.46. The van der Waals surface area contributed by atoms with Crippen molar-refractivity contribution in [1.29, 1.82) is 0 Å². The van der Waals surface area contributed by atoms with Gasteiger partial charge in [0.05, 0.1) is 11.7 Å². The van der Waals surface area contributed by atoms with E-state index in [0.717, 1.165) is 10.9 Å². The van der Waals surface area contributed by atoms with Crippen molar-refractivity contribution in [2.24, 2.45) is 0 Å². The van der Waals surface area contributed by atoms with Crippen molar-refractivity contribution in [3.63, 3.8) is 0 Å². The number of carboxylic acids is 1. The Morgan fingerprint density at radius 3 is 2.85 bits per heavy atom. The number of aromatic amines is 1. The molecular formula is C14H17N3O3. The van der Waals surface area contributed by atoms with Gasteiger partial charge in [0.1, 0.15) is 5.54 Å². The minimum Gasteiger partial charge on any atom is -0.480 e. The van der Waals surface area contributed by atoms with Crippen LogP contribution in [0.2, 0.25) is 0 Å². The van der Waals surface area contributed by atoms with Crippen LogP contribution in [0.3, 0.4) is 0 Å². The summed E-state index contributed by atoms with van der Waals surface area (Å²) >= 11 is 0. The number of aliphatic carboxylic acids is 1. The average molecular weight is 275 g/mol. The molecule has 0 unspecified atom stereocenters. The maximum absolute atomic E-state index is 12.2. The topological polar surface area (TPSA) is 95.1 Å². The van der Waals surface area contributed by atoms with Crippen molar-refractivity contribution in [1.82, 2.24) is 15.5 Å². The van der Waals surface area contributed by atoms with Crippen molar-refractivity contribution in [3.8, 4) is 0 Å². The third-order valence-corrected chi connectivity index (χ3v) is 3.31. The number of H-pyrrole nitrogens is 1. The molecule has 0 aliphatic carbocycles. The zero-order valence-electron chi connectivity index (χ0n) is 11.4. The van der Waals surface area contributed by atoms with E-state index in [-0.39, 0.29) is 0 Å². The number of aromatic nitrogens is 2. The van der Waals surface area contributed by atoms with Crippen LogP contribution >= 0.6 is 0 Å². The Morgan fingerprint density at radius 1 is 1.45 bits per heavy atom. The molecule has 106 valence electrons. The summed E-state index contributed by atoms with van der Waals surface area (Å²) in [6, 6.07) is 5.07. The fraction of sp³-hybridized carbons (Fsp3) is 0.357. The third kappa shape index (κ3) is 2.64. The summed E-state index contributed by atoms with van der Waals surface area (Å²) in [7, 11) is 0. The van der Waals surface area contributed by atoms with Gasteiger partial charge in [0.15, 0.2) is 0 Å². The lowest BCUT2D eigenvalue weighted by molar-refractivity contribution is -0.144. The van der Waals surface area contributed by atoms with Crippen molar-refractivity contribution in [2.45, 2.75) is 32.2 Å². The van der Waals surface area contributed by atoms with Gasteiger partial charge in [-0.05, 0) is 31.5 Å². The molecule has 1 aromatic carbocycles.